The van der Waals surface area contributed by atoms with Gasteiger partial charge in [0.05, 0.1) is 16.0 Å². The highest BCUT2D eigenvalue weighted by atomic mass is 32.1. The summed E-state index contributed by atoms with van der Waals surface area (Å²) in [5, 5.41) is 8.01. The highest BCUT2D eigenvalue weighted by Gasteiger charge is 2.14. The Kier molecular flexibility index (Phi) is 4.20. The van der Waals surface area contributed by atoms with Gasteiger partial charge in [-0.2, -0.15) is 0 Å². The summed E-state index contributed by atoms with van der Waals surface area (Å²) in [5.41, 5.74) is 1.84. The fraction of sp³-hybridized carbons (Fsp3) is 0.250. The molecular formula is C16H15N3O3S. The van der Waals surface area contributed by atoms with Crippen LogP contribution in [0.5, 0.6) is 0 Å². The fourth-order valence-electron chi connectivity index (χ4n) is 2.20. The van der Waals surface area contributed by atoms with Crippen LogP contribution in [0.15, 0.2) is 30.3 Å². The predicted molar refractivity (Wildman–Crippen MR) is 86.9 cm³/mol. The van der Waals surface area contributed by atoms with Crippen LogP contribution in [-0.4, -0.2) is 33.4 Å². The van der Waals surface area contributed by atoms with Gasteiger partial charge < -0.3 is 4.74 Å². The third kappa shape index (κ3) is 3.14. The SMILES string of the molecule is CCn1nnc2cc(C(=O)OCC(=O)c3ccc(C)s3)ccc21. The van der Waals surface area contributed by atoms with Crippen LogP contribution >= 0.6 is 11.3 Å². The highest BCUT2D eigenvalue weighted by molar-refractivity contribution is 7.14. The molecule has 2 heterocycles. The lowest BCUT2D eigenvalue weighted by atomic mass is 10.2. The van der Waals surface area contributed by atoms with E-state index in [9.17, 15) is 9.59 Å². The molecule has 0 aliphatic rings. The zero-order valence-electron chi connectivity index (χ0n) is 12.8. The first-order chi connectivity index (χ1) is 11.1. The summed E-state index contributed by atoms with van der Waals surface area (Å²) < 4.78 is 6.84. The lowest BCUT2D eigenvalue weighted by Crippen LogP contribution is -2.13. The second-order valence-corrected chi connectivity index (χ2v) is 6.31. The van der Waals surface area contributed by atoms with Crippen LogP contribution in [0.25, 0.3) is 11.0 Å². The molecule has 0 radical (unpaired) electrons. The lowest BCUT2D eigenvalue weighted by molar-refractivity contribution is 0.0476. The zero-order valence-corrected chi connectivity index (χ0v) is 13.6. The van der Waals surface area contributed by atoms with E-state index in [4.69, 9.17) is 4.74 Å². The van der Waals surface area contributed by atoms with Crippen molar-refractivity contribution >= 4 is 34.1 Å². The molecule has 6 nitrogen and oxygen atoms in total. The molecule has 0 N–H and O–H groups in total. The molecule has 0 aliphatic heterocycles. The van der Waals surface area contributed by atoms with Gasteiger partial charge in [0.15, 0.2) is 6.61 Å². The van der Waals surface area contributed by atoms with Gasteiger partial charge in [-0.25, -0.2) is 9.48 Å². The Morgan fingerprint density at radius 1 is 1.26 bits per heavy atom. The van der Waals surface area contributed by atoms with Crippen LogP contribution < -0.4 is 0 Å². The van der Waals surface area contributed by atoms with Crippen molar-refractivity contribution < 1.29 is 14.3 Å². The van der Waals surface area contributed by atoms with E-state index in [1.807, 2.05) is 19.9 Å². The first-order valence-corrected chi connectivity index (χ1v) is 8.00. The van der Waals surface area contributed by atoms with Crippen LogP contribution in [-0.2, 0) is 11.3 Å². The molecule has 0 unspecified atom stereocenters. The van der Waals surface area contributed by atoms with E-state index < -0.39 is 5.97 Å². The van der Waals surface area contributed by atoms with Crippen molar-refractivity contribution in [3.05, 3.63) is 45.6 Å². The molecule has 0 aliphatic carbocycles. The molecule has 0 saturated heterocycles. The van der Waals surface area contributed by atoms with E-state index in [1.165, 1.54) is 11.3 Å². The molecular weight excluding hydrogens is 314 g/mol. The van der Waals surface area contributed by atoms with Crippen LogP contribution in [0.3, 0.4) is 0 Å². The number of aromatic nitrogens is 3. The molecule has 0 fully saturated rings. The van der Waals surface area contributed by atoms with Crippen molar-refractivity contribution in [1.82, 2.24) is 15.0 Å². The number of carbonyl (C=O) groups is 2. The molecule has 0 amide bonds. The van der Waals surface area contributed by atoms with Gasteiger partial charge in [-0.15, -0.1) is 16.4 Å². The number of rotatable bonds is 5. The standard InChI is InChI=1S/C16H15N3O3S/c1-3-19-13-6-5-11(8-12(13)17-18-19)16(21)22-9-14(20)15-7-4-10(2)23-15/h4-8H,3,9H2,1-2H3. The number of esters is 1. The maximum absolute atomic E-state index is 12.1. The normalized spacial score (nSPS) is 10.9. The Balaban J connectivity index is 1.69. The number of carbonyl (C=O) groups excluding carboxylic acids is 2. The minimum absolute atomic E-state index is 0.200. The summed E-state index contributed by atoms with van der Waals surface area (Å²) in [5.74, 6) is -0.742. The molecule has 0 spiro atoms. The number of nitrogens with zero attached hydrogens (tertiary/aromatic N) is 3. The number of Topliss-reactive ketones (excluding diaryl/α,β-unsaturated/α-hetero) is 1. The number of hydrogen-bond donors (Lipinski definition) is 0. The van der Waals surface area contributed by atoms with Gasteiger partial charge in [-0.05, 0) is 44.2 Å². The van der Waals surface area contributed by atoms with Gasteiger partial charge in [0.1, 0.15) is 5.52 Å². The second-order valence-electron chi connectivity index (χ2n) is 5.02. The Bertz CT molecular complexity index is 882. The number of ether oxygens (including phenoxy) is 1. The average molecular weight is 329 g/mol. The Labute approximate surface area is 136 Å². The maximum Gasteiger partial charge on any atom is 0.338 e. The van der Waals surface area contributed by atoms with Crippen molar-refractivity contribution in [2.24, 2.45) is 0 Å². The predicted octanol–water partition coefficient (Wildman–Crippen LogP) is 2.86. The summed E-state index contributed by atoms with van der Waals surface area (Å²) >= 11 is 1.39. The summed E-state index contributed by atoms with van der Waals surface area (Å²) in [4.78, 5) is 25.7. The van der Waals surface area contributed by atoms with Gasteiger partial charge in [0.2, 0.25) is 5.78 Å². The summed E-state index contributed by atoms with van der Waals surface area (Å²) in [6, 6.07) is 8.66. The van der Waals surface area contributed by atoms with E-state index in [0.29, 0.717) is 22.5 Å². The number of benzene rings is 1. The molecule has 0 saturated carbocycles. The number of fused-ring (bicyclic) bond motifs is 1. The first-order valence-electron chi connectivity index (χ1n) is 7.18. The zero-order chi connectivity index (χ0) is 16.4. The third-order valence-corrected chi connectivity index (χ3v) is 4.44. The number of hydrogen-bond acceptors (Lipinski definition) is 6. The first kappa shape index (κ1) is 15.4. The second kappa shape index (κ2) is 6.29. The summed E-state index contributed by atoms with van der Waals surface area (Å²) in [7, 11) is 0. The van der Waals surface area contributed by atoms with Crippen molar-refractivity contribution in [3.8, 4) is 0 Å². The van der Waals surface area contributed by atoms with Crippen LogP contribution in [0, 0.1) is 6.92 Å². The Morgan fingerprint density at radius 2 is 2.09 bits per heavy atom. The summed E-state index contributed by atoms with van der Waals surface area (Å²) in [6.45, 7) is 4.33. The fourth-order valence-corrected chi connectivity index (χ4v) is 2.99. The van der Waals surface area contributed by atoms with E-state index in [1.54, 1.807) is 28.9 Å². The lowest BCUT2D eigenvalue weighted by Gasteiger charge is -2.03. The Morgan fingerprint density at radius 3 is 2.78 bits per heavy atom. The summed E-state index contributed by atoms with van der Waals surface area (Å²) in [6.07, 6.45) is 0. The topological polar surface area (TPSA) is 74.1 Å². The molecule has 3 rings (SSSR count). The van der Waals surface area contributed by atoms with Gasteiger partial charge in [0, 0.05) is 11.4 Å². The molecule has 2 aromatic heterocycles. The van der Waals surface area contributed by atoms with Gasteiger partial charge in [-0.3, -0.25) is 4.79 Å². The minimum Gasteiger partial charge on any atom is -0.454 e. The largest absolute Gasteiger partial charge is 0.454 e. The number of thiophene rings is 1. The Hall–Kier alpha value is -2.54. The van der Waals surface area contributed by atoms with Gasteiger partial charge >= 0.3 is 5.97 Å². The quantitative estimate of drug-likeness (QED) is 0.531. The minimum atomic E-state index is -0.542. The van der Waals surface area contributed by atoms with E-state index in [2.05, 4.69) is 10.3 Å². The van der Waals surface area contributed by atoms with Crippen LogP contribution in [0.1, 0.15) is 31.8 Å². The number of aryl methyl sites for hydroxylation is 2. The van der Waals surface area contributed by atoms with E-state index >= 15 is 0 Å². The van der Waals surface area contributed by atoms with Gasteiger partial charge in [0.25, 0.3) is 0 Å². The maximum atomic E-state index is 12.1. The third-order valence-electron chi connectivity index (χ3n) is 3.40. The van der Waals surface area contributed by atoms with E-state index in [0.717, 1.165) is 10.4 Å². The highest BCUT2D eigenvalue weighted by Crippen LogP contribution is 2.17. The number of ketones is 1. The molecule has 3 aromatic rings. The van der Waals surface area contributed by atoms with Crippen molar-refractivity contribution in [2.45, 2.75) is 20.4 Å². The van der Waals surface area contributed by atoms with Crippen LogP contribution in [0.2, 0.25) is 0 Å². The molecule has 7 heteroatoms. The smallest absolute Gasteiger partial charge is 0.338 e. The monoisotopic (exact) mass is 329 g/mol. The van der Waals surface area contributed by atoms with Crippen molar-refractivity contribution in [2.75, 3.05) is 6.61 Å². The molecule has 0 bridgehead atoms. The molecule has 0 atom stereocenters. The van der Waals surface area contributed by atoms with Crippen molar-refractivity contribution in [1.29, 1.82) is 0 Å². The molecule has 1 aromatic carbocycles. The van der Waals surface area contributed by atoms with Gasteiger partial charge in [-0.1, -0.05) is 5.21 Å². The molecule has 118 valence electrons. The van der Waals surface area contributed by atoms with Crippen molar-refractivity contribution in [3.63, 3.8) is 0 Å². The molecule has 23 heavy (non-hydrogen) atoms. The van der Waals surface area contributed by atoms with E-state index in [-0.39, 0.29) is 12.4 Å². The van der Waals surface area contributed by atoms with Crippen LogP contribution in [0.4, 0.5) is 0 Å². The average Bonchev–Trinajstić information content (AvgIpc) is 3.17.